The zero-order valence-electron chi connectivity index (χ0n) is 9.27. The summed E-state index contributed by atoms with van der Waals surface area (Å²) in [4.78, 5) is 0. The van der Waals surface area contributed by atoms with E-state index < -0.39 is 15.8 Å². The standard InChI is InChI=1S/C10H15FN2O2S/c1-3-16(14,15)13(2)10-6-4-5-9(11)8(10)7-12/h4-6H,3,7,12H2,1-2H3. The van der Waals surface area contributed by atoms with Gasteiger partial charge in [0.1, 0.15) is 5.82 Å². The minimum absolute atomic E-state index is 0.0361. The Hall–Kier alpha value is -1.14. The third-order valence-electron chi connectivity index (χ3n) is 2.42. The van der Waals surface area contributed by atoms with Gasteiger partial charge >= 0.3 is 0 Å². The Bertz CT molecular complexity index is 474. The molecule has 0 fully saturated rings. The number of halogens is 1. The number of hydrogen-bond acceptors (Lipinski definition) is 3. The molecule has 0 radical (unpaired) electrons. The van der Waals surface area contributed by atoms with Crippen molar-refractivity contribution in [2.45, 2.75) is 13.5 Å². The molecule has 4 nitrogen and oxygen atoms in total. The number of nitrogens with zero attached hydrogens (tertiary/aromatic N) is 1. The van der Waals surface area contributed by atoms with Crippen LogP contribution >= 0.6 is 0 Å². The molecule has 0 aromatic heterocycles. The number of hydrogen-bond donors (Lipinski definition) is 1. The highest BCUT2D eigenvalue weighted by Gasteiger charge is 2.19. The van der Waals surface area contributed by atoms with E-state index in [0.29, 0.717) is 5.69 Å². The lowest BCUT2D eigenvalue weighted by Gasteiger charge is -2.21. The summed E-state index contributed by atoms with van der Waals surface area (Å²) in [6, 6.07) is 4.27. The number of rotatable bonds is 4. The Balaban J connectivity index is 3.29. The molecule has 0 atom stereocenters. The van der Waals surface area contributed by atoms with E-state index in [9.17, 15) is 12.8 Å². The smallest absolute Gasteiger partial charge is 0.234 e. The van der Waals surface area contributed by atoms with E-state index in [2.05, 4.69) is 0 Å². The molecule has 90 valence electrons. The fraction of sp³-hybridized carbons (Fsp3) is 0.400. The van der Waals surface area contributed by atoms with Crippen molar-refractivity contribution >= 4 is 15.7 Å². The molecule has 0 bridgehead atoms. The maximum atomic E-state index is 13.4. The van der Waals surface area contributed by atoms with Gasteiger partial charge in [-0.2, -0.15) is 0 Å². The fourth-order valence-corrected chi connectivity index (χ4v) is 2.25. The molecule has 0 aliphatic rings. The van der Waals surface area contributed by atoms with E-state index in [1.165, 1.54) is 26.1 Å². The molecule has 0 saturated heterocycles. The van der Waals surface area contributed by atoms with Crippen LogP contribution in [0.3, 0.4) is 0 Å². The van der Waals surface area contributed by atoms with Crippen molar-refractivity contribution in [3.8, 4) is 0 Å². The van der Waals surface area contributed by atoms with Gasteiger partial charge in [-0.3, -0.25) is 4.31 Å². The Labute approximate surface area is 94.9 Å². The second-order valence-electron chi connectivity index (χ2n) is 3.31. The van der Waals surface area contributed by atoms with Crippen LogP contribution in [0.4, 0.5) is 10.1 Å². The summed E-state index contributed by atoms with van der Waals surface area (Å²) >= 11 is 0. The van der Waals surface area contributed by atoms with Crippen molar-refractivity contribution in [3.05, 3.63) is 29.6 Å². The van der Waals surface area contributed by atoms with Gasteiger partial charge in [0.05, 0.1) is 11.4 Å². The molecule has 1 aromatic rings. The number of anilines is 1. The van der Waals surface area contributed by atoms with Gasteiger partial charge in [0.2, 0.25) is 10.0 Å². The fourth-order valence-electron chi connectivity index (χ4n) is 1.39. The molecule has 0 unspecified atom stereocenters. The first-order chi connectivity index (χ1) is 7.44. The first-order valence-corrected chi connectivity index (χ1v) is 6.49. The highest BCUT2D eigenvalue weighted by atomic mass is 32.2. The molecule has 0 heterocycles. The minimum Gasteiger partial charge on any atom is -0.326 e. The molecule has 16 heavy (non-hydrogen) atoms. The van der Waals surface area contributed by atoms with Crippen molar-refractivity contribution in [2.24, 2.45) is 5.73 Å². The van der Waals surface area contributed by atoms with Gasteiger partial charge in [0.25, 0.3) is 0 Å². The number of benzene rings is 1. The van der Waals surface area contributed by atoms with E-state index in [1.807, 2.05) is 0 Å². The van der Waals surface area contributed by atoms with Crippen LogP contribution in [-0.4, -0.2) is 21.2 Å². The summed E-state index contributed by atoms with van der Waals surface area (Å²) in [5.74, 6) is -0.525. The Kier molecular flexibility index (Phi) is 3.88. The van der Waals surface area contributed by atoms with Gasteiger partial charge in [-0.15, -0.1) is 0 Å². The SMILES string of the molecule is CCS(=O)(=O)N(C)c1cccc(F)c1CN. The zero-order valence-corrected chi connectivity index (χ0v) is 10.1. The summed E-state index contributed by atoms with van der Waals surface area (Å²) < 4.78 is 37.8. The van der Waals surface area contributed by atoms with E-state index >= 15 is 0 Å². The summed E-state index contributed by atoms with van der Waals surface area (Å²) in [7, 11) is -1.99. The normalized spacial score (nSPS) is 11.5. The summed E-state index contributed by atoms with van der Waals surface area (Å²) in [5, 5.41) is 0. The first kappa shape index (κ1) is 12.9. The quantitative estimate of drug-likeness (QED) is 0.864. The van der Waals surface area contributed by atoms with E-state index in [0.717, 1.165) is 4.31 Å². The van der Waals surface area contributed by atoms with Crippen LogP contribution < -0.4 is 10.0 Å². The summed E-state index contributed by atoms with van der Waals surface area (Å²) in [5.41, 5.74) is 5.92. The molecule has 6 heteroatoms. The molecule has 0 aliphatic heterocycles. The summed E-state index contributed by atoms with van der Waals surface area (Å²) in [6.07, 6.45) is 0. The topological polar surface area (TPSA) is 63.4 Å². The molecule has 1 rings (SSSR count). The van der Waals surface area contributed by atoms with Crippen molar-refractivity contribution in [3.63, 3.8) is 0 Å². The molecule has 0 aliphatic carbocycles. The van der Waals surface area contributed by atoms with E-state index in [4.69, 9.17) is 5.73 Å². The van der Waals surface area contributed by atoms with Gasteiger partial charge in [-0.05, 0) is 19.1 Å². The van der Waals surface area contributed by atoms with Crippen molar-refractivity contribution < 1.29 is 12.8 Å². The second-order valence-corrected chi connectivity index (χ2v) is 5.60. The molecular weight excluding hydrogens is 231 g/mol. The van der Waals surface area contributed by atoms with Crippen LogP contribution in [0.5, 0.6) is 0 Å². The second kappa shape index (κ2) is 4.80. The lowest BCUT2D eigenvalue weighted by Crippen LogP contribution is -2.29. The zero-order chi connectivity index (χ0) is 12.3. The van der Waals surface area contributed by atoms with Gasteiger partial charge < -0.3 is 5.73 Å². The predicted octanol–water partition coefficient (Wildman–Crippen LogP) is 1.07. The molecule has 0 spiro atoms. The maximum absolute atomic E-state index is 13.4. The average molecular weight is 246 g/mol. The predicted molar refractivity (Wildman–Crippen MR) is 62.2 cm³/mol. The van der Waals surface area contributed by atoms with Crippen LogP contribution in [-0.2, 0) is 16.6 Å². The van der Waals surface area contributed by atoms with Gasteiger partial charge in [-0.1, -0.05) is 6.07 Å². The molecular formula is C10H15FN2O2S. The Morgan fingerprint density at radius 1 is 1.44 bits per heavy atom. The number of sulfonamides is 1. The molecule has 0 saturated carbocycles. The van der Waals surface area contributed by atoms with E-state index in [-0.39, 0.29) is 17.9 Å². The minimum atomic E-state index is -3.39. The van der Waals surface area contributed by atoms with Crippen molar-refractivity contribution in [1.82, 2.24) is 0 Å². The molecule has 2 N–H and O–H groups in total. The maximum Gasteiger partial charge on any atom is 0.234 e. The molecule has 0 amide bonds. The largest absolute Gasteiger partial charge is 0.326 e. The monoisotopic (exact) mass is 246 g/mol. The lowest BCUT2D eigenvalue weighted by atomic mass is 10.1. The van der Waals surface area contributed by atoms with Crippen molar-refractivity contribution in [2.75, 3.05) is 17.1 Å². The van der Waals surface area contributed by atoms with Crippen LogP contribution in [0.1, 0.15) is 12.5 Å². The first-order valence-electron chi connectivity index (χ1n) is 4.88. The third-order valence-corrected chi connectivity index (χ3v) is 4.18. The van der Waals surface area contributed by atoms with Gasteiger partial charge in [-0.25, -0.2) is 12.8 Å². The summed E-state index contributed by atoms with van der Waals surface area (Å²) in [6.45, 7) is 1.50. The highest BCUT2D eigenvalue weighted by Crippen LogP contribution is 2.24. The Morgan fingerprint density at radius 3 is 2.56 bits per heavy atom. The number of nitrogens with two attached hydrogens (primary N) is 1. The van der Waals surface area contributed by atoms with Crippen LogP contribution in [0.15, 0.2) is 18.2 Å². The van der Waals surface area contributed by atoms with Crippen LogP contribution in [0.25, 0.3) is 0 Å². The van der Waals surface area contributed by atoms with E-state index in [1.54, 1.807) is 6.07 Å². The Morgan fingerprint density at radius 2 is 2.06 bits per heavy atom. The molecule has 1 aromatic carbocycles. The lowest BCUT2D eigenvalue weighted by molar-refractivity contribution is 0.594. The van der Waals surface area contributed by atoms with Crippen LogP contribution in [0.2, 0.25) is 0 Å². The highest BCUT2D eigenvalue weighted by molar-refractivity contribution is 7.92. The van der Waals surface area contributed by atoms with Gasteiger partial charge in [0, 0.05) is 19.2 Å². The van der Waals surface area contributed by atoms with Gasteiger partial charge in [0.15, 0.2) is 0 Å². The third kappa shape index (κ3) is 2.33. The average Bonchev–Trinajstić information content (AvgIpc) is 2.27. The van der Waals surface area contributed by atoms with Crippen molar-refractivity contribution in [1.29, 1.82) is 0 Å². The van der Waals surface area contributed by atoms with Crippen LogP contribution in [0, 0.1) is 5.82 Å².